The summed E-state index contributed by atoms with van der Waals surface area (Å²) < 4.78 is 33.1. The molecule has 4 fully saturated rings. The lowest BCUT2D eigenvalue weighted by Crippen LogP contribution is -2.58. The SMILES string of the molecule is CCn1c(-c2cccnc2[C@H](C)OC)c2c3cc(ccc31)-c1cc(O)cc(c1)C[C@H](C1SN1C(=O)[C@H](C1CCCC1)N(C)C(=O)N1CCS(=O)(=NC)CC1)C(=O)N1CCC[C@H](N1)C(=O)OCC(C)(C)C2. The van der Waals surface area contributed by atoms with Crippen LogP contribution in [0.5, 0.6) is 5.75 Å². The van der Waals surface area contributed by atoms with Crippen molar-refractivity contribution in [2.24, 2.45) is 21.6 Å². The number of benzene rings is 2. The Hall–Kier alpha value is -5.17. The Kier molecular flexibility index (Phi) is 14.3. The number of phenolic OH excluding ortho intramolecular Hbond substituents is 1. The molecule has 1 unspecified atom stereocenters. The van der Waals surface area contributed by atoms with E-state index in [1.165, 1.54) is 17.0 Å². The van der Waals surface area contributed by atoms with E-state index in [1.807, 2.05) is 19.1 Å². The molecular weight excluding hydrogens is 929 g/mol. The van der Waals surface area contributed by atoms with Crippen LogP contribution in [0, 0.1) is 17.3 Å². The van der Waals surface area contributed by atoms with Crippen LogP contribution in [-0.2, 0) is 53.0 Å². The highest BCUT2D eigenvalue weighted by molar-refractivity contribution is 8.04. The van der Waals surface area contributed by atoms with Gasteiger partial charge in [-0.1, -0.05) is 38.8 Å². The molecule has 5 aliphatic rings. The van der Waals surface area contributed by atoms with Crippen molar-refractivity contribution in [2.75, 3.05) is 59.0 Å². The molecule has 5 atom stereocenters. The maximum Gasteiger partial charge on any atom is 0.324 e. The van der Waals surface area contributed by atoms with Crippen LogP contribution in [0.3, 0.4) is 0 Å². The standard InChI is InChI=1S/C52H68N8O8S2/c1-8-58-43-18-17-35-29-39(43)41(46(58)38-15-11-19-54-44(38)32(2)67-7)30-52(3,4)31-68-50(64)42-16-12-20-59(55-42)47(62)40(27-33-25-36(35)28-37(61)26-33)49-60(69-49)48(63)45(34-13-9-10-14-34)56(6)51(65)57-21-23-70(66,53-5)24-22-57/h11,15,17-19,25-26,28-29,32,34,40,42,45,49,55,61H,8-10,12-14,16,20-24,27,30-31H2,1-7H3/t32-,40-,42-,45-,49?,60?/m0/s1. The van der Waals surface area contributed by atoms with E-state index in [4.69, 9.17) is 14.5 Å². The number of pyridine rings is 1. The molecule has 2 N–H and O–H groups in total. The van der Waals surface area contributed by atoms with Crippen molar-refractivity contribution in [1.82, 2.24) is 34.1 Å². The lowest BCUT2D eigenvalue weighted by atomic mass is 9.84. The minimum atomic E-state index is -2.35. The van der Waals surface area contributed by atoms with Crippen LogP contribution in [0.2, 0.25) is 0 Å². The molecule has 0 radical (unpaired) electrons. The van der Waals surface area contributed by atoms with Gasteiger partial charge in [0, 0.05) is 96.7 Å². The van der Waals surface area contributed by atoms with E-state index in [2.05, 4.69) is 59.4 Å². The van der Waals surface area contributed by atoms with Crippen LogP contribution in [-0.4, -0.2) is 138 Å². The van der Waals surface area contributed by atoms with Gasteiger partial charge in [-0.2, -0.15) is 0 Å². The maximum absolute atomic E-state index is 15.0. The van der Waals surface area contributed by atoms with Crippen LogP contribution in [0.4, 0.5) is 4.79 Å². The molecular formula is C52H68N8O8S2. The van der Waals surface area contributed by atoms with E-state index in [-0.39, 0.29) is 48.6 Å². The molecule has 1 aliphatic carbocycles. The van der Waals surface area contributed by atoms with Crippen molar-refractivity contribution in [3.63, 3.8) is 0 Å². The monoisotopic (exact) mass is 996 g/mol. The number of aryl methyl sites for hydroxylation is 1. The number of hydrogen-bond donors (Lipinski definition) is 2. The number of carbonyl (C=O) groups excluding carboxylic acids is 4. The summed E-state index contributed by atoms with van der Waals surface area (Å²) in [7, 11) is 2.58. The van der Waals surface area contributed by atoms with E-state index in [0.29, 0.717) is 62.5 Å². The minimum absolute atomic E-state index is 0.0489. The molecule has 4 aliphatic heterocycles. The molecule has 376 valence electrons. The van der Waals surface area contributed by atoms with Gasteiger partial charge in [0.15, 0.2) is 0 Å². The third-order valence-electron chi connectivity index (χ3n) is 15.1. The number of hydrogen-bond acceptors (Lipinski definition) is 12. The van der Waals surface area contributed by atoms with Crippen molar-refractivity contribution in [2.45, 2.75) is 109 Å². The van der Waals surface area contributed by atoms with Crippen molar-refractivity contribution in [3.05, 3.63) is 71.5 Å². The Morgan fingerprint density at radius 2 is 1.81 bits per heavy atom. The summed E-state index contributed by atoms with van der Waals surface area (Å²) in [6.45, 7) is 10.1. The van der Waals surface area contributed by atoms with Crippen LogP contribution in [0.25, 0.3) is 33.3 Å². The van der Waals surface area contributed by atoms with Crippen molar-refractivity contribution < 1.29 is 38.0 Å². The zero-order valence-corrected chi connectivity index (χ0v) is 43.2. The molecule has 1 saturated carbocycles. The second-order valence-corrected chi connectivity index (χ2v) is 24.3. The highest BCUT2D eigenvalue weighted by Crippen LogP contribution is 2.49. The highest BCUT2D eigenvalue weighted by Gasteiger charge is 2.54. The van der Waals surface area contributed by atoms with Crippen LogP contribution < -0.4 is 5.43 Å². The molecule has 4 aromatic rings. The van der Waals surface area contributed by atoms with Gasteiger partial charge < -0.3 is 28.9 Å². The number of phenols is 1. The molecule has 2 aromatic heterocycles. The number of nitrogens with one attached hydrogen (secondary N) is 1. The van der Waals surface area contributed by atoms with E-state index < -0.39 is 44.5 Å². The minimum Gasteiger partial charge on any atom is -0.508 e. The first-order valence-electron chi connectivity index (χ1n) is 24.9. The van der Waals surface area contributed by atoms with Gasteiger partial charge in [-0.15, -0.1) is 0 Å². The summed E-state index contributed by atoms with van der Waals surface area (Å²) >= 11 is 1.30. The smallest absolute Gasteiger partial charge is 0.324 e. The average molecular weight is 997 g/mol. The molecule has 6 heterocycles. The van der Waals surface area contributed by atoms with Gasteiger partial charge in [0.25, 0.3) is 5.91 Å². The molecule has 9 rings (SSSR count). The fourth-order valence-corrected chi connectivity index (χ4v) is 13.8. The van der Waals surface area contributed by atoms with Gasteiger partial charge in [0.1, 0.15) is 23.2 Å². The van der Waals surface area contributed by atoms with Gasteiger partial charge >= 0.3 is 12.0 Å². The fraction of sp³-hybridized carbons (Fsp3) is 0.558. The number of amides is 4. The van der Waals surface area contributed by atoms with Gasteiger partial charge in [-0.25, -0.2) is 18.8 Å². The number of aromatic nitrogens is 2. The van der Waals surface area contributed by atoms with Gasteiger partial charge in [-0.3, -0.25) is 28.7 Å². The number of esters is 1. The lowest BCUT2D eigenvalue weighted by molar-refractivity contribution is -0.155. The number of hydrazine groups is 1. The molecule has 70 heavy (non-hydrogen) atoms. The number of ether oxygens (including phenoxy) is 2. The number of fused-ring (bicyclic) bond motifs is 6. The molecule has 16 nitrogen and oxygen atoms in total. The number of cyclic esters (lactones) is 1. The van der Waals surface area contributed by atoms with Crippen molar-refractivity contribution in [1.29, 1.82) is 0 Å². The second kappa shape index (κ2) is 20.1. The molecule has 3 saturated heterocycles. The van der Waals surface area contributed by atoms with Crippen LogP contribution in [0.1, 0.15) is 89.1 Å². The largest absolute Gasteiger partial charge is 0.508 e. The zero-order chi connectivity index (χ0) is 49.6. The summed E-state index contributed by atoms with van der Waals surface area (Å²) in [5.41, 5.74) is 9.99. The number of likely N-dealkylation sites (N-methyl/N-ethyl adjacent to an activating group) is 1. The maximum atomic E-state index is 15.0. The van der Waals surface area contributed by atoms with E-state index in [9.17, 15) is 23.7 Å². The predicted octanol–water partition coefficient (Wildman–Crippen LogP) is 7.42. The van der Waals surface area contributed by atoms with Crippen LogP contribution in [0.15, 0.2) is 59.1 Å². The summed E-state index contributed by atoms with van der Waals surface area (Å²) in [5.74, 6) is -1.13. The topological polar surface area (TPSA) is 179 Å². The Balaban J connectivity index is 1.10. The molecule has 18 heteroatoms. The third-order valence-corrected chi connectivity index (χ3v) is 18.6. The molecule has 0 spiro atoms. The molecule has 4 amide bonds. The molecule has 2 aromatic carbocycles. The Morgan fingerprint density at radius 3 is 2.53 bits per heavy atom. The number of rotatable bonds is 8. The Bertz CT molecular complexity index is 2790. The lowest BCUT2D eigenvalue weighted by Gasteiger charge is -2.37. The summed E-state index contributed by atoms with van der Waals surface area (Å²) in [5, 5.41) is 13.4. The number of aromatic hydroxyl groups is 1. The Morgan fingerprint density at radius 1 is 1.06 bits per heavy atom. The fourth-order valence-electron chi connectivity index (χ4n) is 11.2. The first-order chi connectivity index (χ1) is 33.5. The van der Waals surface area contributed by atoms with Gasteiger partial charge in [0.2, 0.25) is 5.91 Å². The average Bonchev–Trinajstić information content (AvgIpc) is 3.86. The van der Waals surface area contributed by atoms with Crippen molar-refractivity contribution >= 4 is 56.4 Å². The van der Waals surface area contributed by atoms with Crippen molar-refractivity contribution in [3.8, 4) is 28.1 Å². The number of methoxy groups -OCH3 is 1. The predicted molar refractivity (Wildman–Crippen MR) is 272 cm³/mol. The van der Waals surface area contributed by atoms with E-state index >= 15 is 4.79 Å². The van der Waals surface area contributed by atoms with E-state index in [1.54, 1.807) is 53.6 Å². The van der Waals surface area contributed by atoms with Crippen LogP contribution >= 0.6 is 11.9 Å². The Labute approximate surface area is 416 Å². The summed E-state index contributed by atoms with van der Waals surface area (Å²) in [6.07, 6.45) is 6.82. The highest BCUT2D eigenvalue weighted by atomic mass is 32.2. The normalized spacial score (nSPS) is 23.6. The first-order valence-corrected chi connectivity index (χ1v) is 27.6. The number of urea groups is 1. The van der Waals surface area contributed by atoms with E-state index in [0.717, 1.165) is 70.2 Å². The summed E-state index contributed by atoms with van der Waals surface area (Å²) in [4.78, 5) is 66.2. The summed E-state index contributed by atoms with van der Waals surface area (Å²) in [6, 6.07) is 14.0. The van der Waals surface area contributed by atoms with Gasteiger partial charge in [0.05, 0.1) is 30.0 Å². The number of carbonyl (C=O) groups is 4. The second-order valence-electron chi connectivity index (χ2n) is 20.5. The quantitative estimate of drug-likeness (QED) is 0.102. The third kappa shape index (κ3) is 9.89. The van der Waals surface area contributed by atoms with Gasteiger partial charge in [-0.05, 0) is 129 Å². The number of nitrogens with zero attached hydrogens (tertiary/aromatic N) is 7. The molecule has 6 bridgehead atoms. The zero-order valence-electron chi connectivity index (χ0n) is 41.5. The first kappa shape index (κ1) is 49.8.